The number of nitrogens with zero attached hydrogens (tertiary/aromatic N) is 2. The summed E-state index contributed by atoms with van der Waals surface area (Å²) in [4.78, 5) is 37.0. The molecule has 7 nitrogen and oxygen atoms in total. The van der Waals surface area contributed by atoms with Crippen molar-refractivity contribution in [2.24, 2.45) is 0 Å². The van der Waals surface area contributed by atoms with Gasteiger partial charge in [-0.1, -0.05) is 12.1 Å². The summed E-state index contributed by atoms with van der Waals surface area (Å²) in [5.41, 5.74) is 1.63. The minimum absolute atomic E-state index is 0.136. The van der Waals surface area contributed by atoms with Crippen molar-refractivity contribution in [2.75, 3.05) is 12.4 Å². The molecule has 1 aromatic carbocycles. The van der Waals surface area contributed by atoms with E-state index in [1.165, 1.54) is 23.0 Å². The number of hydrogen-bond acceptors (Lipinski definition) is 5. The monoisotopic (exact) mass is 359 g/mol. The number of aryl methyl sites for hydroxylation is 1. The second-order valence-electron chi connectivity index (χ2n) is 5.30. The number of anilines is 1. The molecule has 0 bridgehead atoms. The number of benzene rings is 1. The number of nitrogens with one attached hydrogen (secondary N) is 1. The van der Waals surface area contributed by atoms with Crippen molar-refractivity contribution in [2.45, 2.75) is 20.0 Å². The summed E-state index contributed by atoms with van der Waals surface area (Å²) in [7, 11) is 1.28. The first kappa shape index (κ1) is 17.0. The summed E-state index contributed by atoms with van der Waals surface area (Å²) in [5, 5.41) is 4.37. The van der Waals surface area contributed by atoms with Gasteiger partial charge < -0.3 is 10.1 Å². The topological polar surface area (TPSA) is 82.3 Å². The lowest BCUT2D eigenvalue weighted by Crippen LogP contribution is -2.29. The quantitative estimate of drug-likeness (QED) is 0.709. The van der Waals surface area contributed by atoms with Gasteiger partial charge in [-0.2, -0.15) is 0 Å². The minimum Gasteiger partial charge on any atom is -0.465 e. The van der Waals surface area contributed by atoms with Gasteiger partial charge in [0, 0.05) is 6.54 Å². The number of para-hydroxylation sites is 2. The summed E-state index contributed by atoms with van der Waals surface area (Å²) in [6.45, 7) is 2.26. The lowest BCUT2D eigenvalue weighted by atomic mass is 10.3. The molecule has 0 aliphatic rings. The van der Waals surface area contributed by atoms with E-state index in [-0.39, 0.29) is 18.1 Å². The molecular formula is C17H17N3O4S. The number of rotatable bonds is 5. The normalized spacial score (nSPS) is 10.8. The highest BCUT2D eigenvalue weighted by molar-refractivity contribution is 7.12. The predicted octanol–water partition coefficient (Wildman–Crippen LogP) is 2.31. The molecule has 0 unspecified atom stereocenters. The van der Waals surface area contributed by atoms with Crippen LogP contribution in [-0.2, 0) is 22.6 Å². The number of amides is 1. The van der Waals surface area contributed by atoms with Crippen molar-refractivity contribution < 1.29 is 14.3 Å². The molecule has 130 valence electrons. The fourth-order valence-electron chi connectivity index (χ4n) is 2.72. The Morgan fingerprint density at radius 3 is 2.48 bits per heavy atom. The Kier molecular flexibility index (Phi) is 4.71. The Balaban J connectivity index is 1.89. The van der Waals surface area contributed by atoms with Gasteiger partial charge in [-0.25, -0.2) is 9.59 Å². The summed E-state index contributed by atoms with van der Waals surface area (Å²) in [6.07, 6.45) is 0. The summed E-state index contributed by atoms with van der Waals surface area (Å²) < 4.78 is 7.74. The lowest BCUT2D eigenvalue weighted by molar-refractivity contribution is -0.116. The van der Waals surface area contributed by atoms with Gasteiger partial charge in [-0.3, -0.25) is 13.9 Å². The predicted molar refractivity (Wildman–Crippen MR) is 96.2 cm³/mol. The molecule has 1 N–H and O–H groups in total. The first-order valence-electron chi connectivity index (χ1n) is 7.70. The number of hydrogen-bond donors (Lipinski definition) is 1. The van der Waals surface area contributed by atoms with Crippen molar-refractivity contribution in [3.8, 4) is 0 Å². The molecule has 0 aliphatic carbocycles. The fraction of sp³-hybridized carbons (Fsp3) is 0.235. The van der Waals surface area contributed by atoms with Crippen molar-refractivity contribution in [3.05, 3.63) is 51.1 Å². The molecule has 0 radical (unpaired) electrons. The standard InChI is InChI=1S/C17H17N3O4S/c1-3-19-12-6-4-5-7-13(12)20(17(19)23)10-14(21)18-11-8-9-25-15(11)16(22)24-2/h4-9H,3,10H2,1-2H3,(H,18,21). The van der Waals surface area contributed by atoms with E-state index in [0.29, 0.717) is 22.6 Å². The van der Waals surface area contributed by atoms with Gasteiger partial charge in [0.15, 0.2) is 0 Å². The molecular weight excluding hydrogens is 342 g/mol. The molecule has 3 aromatic rings. The summed E-state index contributed by atoms with van der Waals surface area (Å²) in [6, 6.07) is 8.97. The maximum Gasteiger partial charge on any atom is 0.350 e. The van der Waals surface area contributed by atoms with Gasteiger partial charge in [-0.15, -0.1) is 11.3 Å². The second-order valence-corrected chi connectivity index (χ2v) is 6.22. The zero-order valence-electron chi connectivity index (χ0n) is 13.8. The van der Waals surface area contributed by atoms with E-state index in [4.69, 9.17) is 4.74 Å². The van der Waals surface area contributed by atoms with Crippen LogP contribution in [0.4, 0.5) is 5.69 Å². The number of imidazole rings is 1. The summed E-state index contributed by atoms with van der Waals surface area (Å²) in [5.74, 6) is -0.894. The number of ether oxygens (including phenoxy) is 1. The van der Waals surface area contributed by atoms with Gasteiger partial charge in [0.25, 0.3) is 0 Å². The molecule has 1 amide bonds. The largest absolute Gasteiger partial charge is 0.465 e. The highest BCUT2D eigenvalue weighted by Crippen LogP contribution is 2.23. The van der Waals surface area contributed by atoms with Crippen LogP contribution in [0.15, 0.2) is 40.5 Å². The van der Waals surface area contributed by atoms with Crippen LogP contribution in [0.25, 0.3) is 11.0 Å². The average molecular weight is 359 g/mol. The SMILES string of the molecule is CCn1c(=O)n(CC(=O)Nc2ccsc2C(=O)OC)c2ccccc21. The zero-order valence-corrected chi connectivity index (χ0v) is 14.6. The Hall–Kier alpha value is -2.87. The van der Waals surface area contributed by atoms with Crippen LogP contribution in [-0.4, -0.2) is 28.1 Å². The number of methoxy groups -OCH3 is 1. The molecule has 8 heteroatoms. The Morgan fingerprint density at radius 1 is 1.16 bits per heavy atom. The number of esters is 1. The Morgan fingerprint density at radius 2 is 1.84 bits per heavy atom. The molecule has 2 aromatic heterocycles. The van der Waals surface area contributed by atoms with Crippen molar-refractivity contribution in [1.29, 1.82) is 0 Å². The van der Waals surface area contributed by atoms with E-state index in [1.807, 2.05) is 25.1 Å². The van der Waals surface area contributed by atoms with Crippen molar-refractivity contribution in [1.82, 2.24) is 9.13 Å². The molecule has 3 rings (SSSR count). The number of carbonyl (C=O) groups is 2. The first-order valence-corrected chi connectivity index (χ1v) is 8.58. The fourth-order valence-corrected chi connectivity index (χ4v) is 3.49. The first-order chi connectivity index (χ1) is 12.1. The average Bonchev–Trinajstić information content (AvgIpc) is 3.17. The maximum absolute atomic E-state index is 12.6. The van der Waals surface area contributed by atoms with Crippen LogP contribution >= 0.6 is 11.3 Å². The molecule has 0 fully saturated rings. The molecule has 2 heterocycles. The zero-order chi connectivity index (χ0) is 18.0. The van der Waals surface area contributed by atoms with Crippen LogP contribution in [0.1, 0.15) is 16.6 Å². The van der Waals surface area contributed by atoms with Crippen LogP contribution in [0.5, 0.6) is 0 Å². The highest BCUT2D eigenvalue weighted by atomic mass is 32.1. The second kappa shape index (κ2) is 6.94. The van der Waals surface area contributed by atoms with Gasteiger partial charge >= 0.3 is 11.7 Å². The van der Waals surface area contributed by atoms with Crippen LogP contribution in [0.3, 0.4) is 0 Å². The van der Waals surface area contributed by atoms with Crippen LogP contribution < -0.4 is 11.0 Å². The van der Waals surface area contributed by atoms with Gasteiger partial charge in [0.05, 0.1) is 23.8 Å². The molecule has 0 spiro atoms. The van der Waals surface area contributed by atoms with Gasteiger partial charge in [0.1, 0.15) is 11.4 Å². The number of carbonyl (C=O) groups excluding carboxylic acids is 2. The van der Waals surface area contributed by atoms with E-state index < -0.39 is 5.97 Å². The molecule has 0 saturated carbocycles. The minimum atomic E-state index is -0.509. The van der Waals surface area contributed by atoms with Crippen LogP contribution in [0.2, 0.25) is 0 Å². The number of aromatic nitrogens is 2. The Bertz CT molecular complexity index is 999. The third-order valence-corrected chi connectivity index (χ3v) is 4.75. The van der Waals surface area contributed by atoms with E-state index in [1.54, 1.807) is 22.1 Å². The third-order valence-electron chi connectivity index (χ3n) is 3.85. The smallest absolute Gasteiger partial charge is 0.350 e. The van der Waals surface area contributed by atoms with Gasteiger partial charge in [0.2, 0.25) is 5.91 Å². The maximum atomic E-state index is 12.6. The van der Waals surface area contributed by atoms with E-state index >= 15 is 0 Å². The van der Waals surface area contributed by atoms with Gasteiger partial charge in [-0.05, 0) is 30.5 Å². The lowest BCUT2D eigenvalue weighted by Gasteiger charge is -2.06. The van der Waals surface area contributed by atoms with Crippen molar-refractivity contribution >= 4 is 39.9 Å². The molecule has 0 atom stereocenters. The third kappa shape index (κ3) is 3.08. The molecule has 0 saturated heterocycles. The number of thiophene rings is 1. The van der Waals surface area contributed by atoms with Crippen LogP contribution in [0, 0.1) is 0 Å². The molecule has 25 heavy (non-hydrogen) atoms. The van der Waals surface area contributed by atoms with Crippen molar-refractivity contribution in [3.63, 3.8) is 0 Å². The number of fused-ring (bicyclic) bond motifs is 1. The van der Waals surface area contributed by atoms with E-state index in [0.717, 1.165) is 5.52 Å². The van der Waals surface area contributed by atoms with E-state index in [2.05, 4.69) is 5.32 Å². The Labute approximate surface area is 147 Å². The highest BCUT2D eigenvalue weighted by Gasteiger charge is 2.18. The summed E-state index contributed by atoms with van der Waals surface area (Å²) >= 11 is 1.18. The molecule has 0 aliphatic heterocycles. The van der Waals surface area contributed by atoms with E-state index in [9.17, 15) is 14.4 Å².